The van der Waals surface area contributed by atoms with Gasteiger partial charge in [-0.2, -0.15) is 0 Å². The van der Waals surface area contributed by atoms with E-state index >= 15 is 0 Å². The molecule has 0 saturated carbocycles. The maximum Gasteiger partial charge on any atom is 0.259 e. The fourth-order valence-electron chi connectivity index (χ4n) is 3.07. The first-order chi connectivity index (χ1) is 10.9. The Kier molecular flexibility index (Phi) is 4.66. The minimum absolute atomic E-state index is 0.00670. The first-order valence-corrected chi connectivity index (χ1v) is 8.83. The number of piperazine rings is 1. The molecular formula is C17H24N4OS. The number of hydrogen-bond acceptors (Lipinski definition) is 5. The van der Waals surface area contributed by atoms with Gasteiger partial charge in [0, 0.05) is 37.6 Å². The van der Waals surface area contributed by atoms with Crippen molar-refractivity contribution in [2.45, 2.75) is 27.3 Å². The molecule has 1 aliphatic rings. The maximum atomic E-state index is 12.3. The summed E-state index contributed by atoms with van der Waals surface area (Å²) in [6.45, 7) is 15.8. The van der Waals surface area contributed by atoms with Gasteiger partial charge in [-0.1, -0.05) is 12.2 Å². The SMILES string of the molecule is C=C(C)CN1CCN(Cc2nc3sc(C)c(C)c3c(=O)[nH]2)CC1. The quantitative estimate of drug-likeness (QED) is 0.873. The van der Waals surface area contributed by atoms with Crippen molar-refractivity contribution in [2.24, 2.45) is 0 Å². The zero-order valence-electron chi connectivity index (χ0n) is 14.1. The summed E-state index contributed by atoms with van der Waals surface area (Å²) in [5, 5.41) is 0.752. The van der Waals surface area contributed by atoms with Gasteiger partial charge in [-0.15, -0.1) is 11.3 Å². The van der Waals surface area contributed by atoms with Crippen molar-refractivity contribution in [1.29, 1.82) is 0 Å². The van der Waals surface area contributed by atoms with Gasteiger partial charge >= 0.3 is 0 Å². The molecule has 0 spiro atoms. The van der Waals surface area contributed by atoms with Crippen LogP contribution in [0.4, 0.5) is 0 Å². The molecule has 1 N–H and O–H groups in total. The summed E-state index contributed by atoms with van der Waals surface area (Å²) in [6, 6.07) is 0. The molecule has 1 aliphatic heterocycles. The van der Waals surface area contributed by atoms with E-state index in [4.69, 9.17) is 0 Å². The summed E-state index contributed by atoms with van der Waals surface area (Å²) in [7, 11) is 0. The van der Waals surface area contributed by atoms with Crippen LogP contribution in [0.2, 0.25) is 0 Å². The number of rotatable bonds is 4. The number of nitrogens with one attached hydrogen (secondary N) is 1. The number of aromatic nitrogens is 2. The molecule has 1 saturated heterocycles. The Hall–Kier alpha value is -1.50. The van der Waals surface area contributed by atoms with Crippen LogP contribution in [0.1, 0.15) is 23.2 Å². The van der Waals surface area contributed by atoms with Crippen molar-refractivity contribution >= 4 is 21.6 Å². The molecule has 1 fully saturated rings. The Morgan fingerprint density at radius 1 is 1.26 bits per heavy atom. The van der Waals surface area contributed by atoms with Crippen LogP contribution in [0.15, 0.2) is 16.9 Å². The zero-order valence-corrected chi connectivity index (χ0v) is 14.9. The molecule has 6 heteroatoms. The number of hydrogen-bond donors (Lipinski definition) is 1. The molecule has 0 atom stereocenters. The summed E-state index contributed by atoms with van der Waals surface area (Å²) in [5.41, 5.74) is 2.25. The van der Waals surface area contributed by atoms with E-state index in [1.165, 1.54) is 10.5 Å². The number of fused-ring (bicyclic) bond motifs is 1. The van der Waals surface area contributed by atoms with Crippen molar-refractivity contribution in [3.63, 3.8) is 0 Å². The van der Waals surface area contributed by atoms with Crippen LogP contribution in [0.5, 0.6) is 0 Å². The van der Waals surface area contributed by atoms with E-state index < -0.39 is 0 Å². The average molecular weight is 332 g/mol. The predicted octanol–water partition coefficient (Wildman–Crippen LogP) is 2.30. The highest BCUT2D eigenvalue weighted by atomic mass is 32.1. The molecule has 3 rings (SSSR count). The van der Waals surface area contributed by atoms with Gasteiger partial charge in [-0.05, 0) is 26.3 Å². The standard InChI is InChI=1S/C17H24N4OS/c1-11(2)9-20-5-7-21(8-6-20)10-14-18-16(22)15-12(3)13(4)23-17(15)19-14/h1,5-10H2,2-4H3,(H,18,19,22). The van der Waals surface area contributed by atoms with Gasteiger partial charge < -0.3 is 4.98 Å². The number of aromatic amines is 1. The van der Waals surface area contributed by atoms with E-state index in [-0.39, 0.29) is 5.56 Å². The lowest BCUT2D eigenvalue weighted by molar-refractivity contribution is 0.132. The molecule has 0 unspecified atom stereocenters. The van der Waals surface area contributed by atoms with E-state index in [0.29, 0.717) is 6.54 Å². The molecule has 0 aromatic carbocycles. The Balaban J connectivity index is 1.71. The summed E-state index contributed by atoms with van der Waals surface area (Å²) in [5.74, 6) is 0.775. The van der Waals surface area contributed by atoms with Crippen molar-refractivity contribution in [1.82, 2.24) is 19.8 Å². The van der Waals surface area contributed by atoms with Crippen LogP contribution in [0.25, 0.3) is 10.2 Å². The fourth-order valence-corrected chi connectivity index (χ4v) is 4.12. The summed E-state index contributed by atoms with van der Waals surface area (Å²) >= 11 is 1.61. The minimum atomic E-state index is -0.00670. The molecule has 0 amide bonds. The van der Waals surface area contributed by atoms with E-state index in [9.17, 15) is 4.79 Å². The first-order valence-electron chi connectivity index (χ1n) is 8.02. The van der Waals surface area contributed by atoms with Gasteiger partial charge in [0.25, 0.3) is 5.56 Å². The van der Waals surface area contributed by atoms with Gasteiger partial charge in [-0.25, -0.2) is 4.98 Å². The Bertz CT molecular complexity index is 784. The maximum absolute atomic E-state index is 12.3. The van der Waals surface area contributed by atoms with Crippen LogP contribution in [-0.2, 0) is 6.54 Å². The van der Waals surface area contributed by atoms with Crippen molar-refractivity contribution < 1.29 is 0 Å². The lowest BCUT2D eigenvalue weighted by Crippen LogP contribution is -2.46. The summed E-state index contributed by atoms with van der Waals surface area (Å²) < 4.78 is 0. The third kappa shape index (κ3) is 3.54. The molecule has 2 aromatic heterocycles. The number of H-pyrrole nitrogens is 1. The van der Waals surface area contributed by atoms with Gasteiger partial charge in [0.2, 0.25) is 0 Å². The van der Waals surface area contributed by atoms with Gasteiger partial charge in [0.1, 0.15) is 10.7 Å². The lowest BCUT2D eigenvalue weighted by atomic mass is 10.2. The Labute approximate surface area is 140 Å². The molecule has 2 aromatic rings. The molecule has 23 heavy (non-hydrogen) atoms. The van der Waals surface area contributed by atoms with Crippen LogP contribution in [0.3, 0.4) is 0 Å². The minimum Gasteiger partial charge on any atom is -0.309 e. The third-order valence-electron chi connectivity index (χ3n) is 4.42. The van der Waals surface area contributed by atoms with Crippen LogP contribution < -0.4 is 5.56 Å². The number of thiophene rings is 1. The topological polar surface area (TPSA) is 52.2 Å². The normalized spacial score (nSPS) is 17.0. The number of nitrogens with zero attached hydrogens (tertiary/aromatic N) is 3. The summed E-state index contributed by atoms with van der Waals surface area (Å²) in [4.78, 5) is 26.8. The Morgan fingerprint density at radius 3 is 2.57 bits per heavy atom. The monoisotopic (exact) mass is 332 g/mol. The molecule has 3 heterocycles. The smallest absolute Gasteiger partial charge is 0.259 e. The highest BCUT2D eigenvalue weighted by molar-refractivity contribution is 7.18. The van der Waals surface area contributed by atoms with E-state index in [0.717, 1.165) is 54.3 Å². The van der Waals surface area contributed by atoms with E-state index in [2.05, 4.69) is 33.3 Å². The molecule has 124 valence electrons. The van der Waals surface area contributed by atoms with Crippen molar-refractivity contribution in [3.8, 4) is 0 Å². The zero-order chi connectivity index (χ0) is 16.6. The second-order valence-electron chi connectivity index (χ2n) is 6.49. The van der Waals surface area contributed by atoms with Crippen molar-refractivity contribution in [2.75, 3.05) is 32.7 Å². The van der Waals surface area contributed by atoms with E-state index in [1.54, 1.807) is 11.3 Å². The number of aryl methyl sites for hydroxylation is 2. The molecule has 0 bridgehead atoms. The highest BCUT2D eigenvalue weighted by Gasteiger charge is 2.18. The van der Waals surface area contributed by atoms with Crippen LogP contribution >= 0.6 is 11.3 Å². The highest BCUT2D eigenvalue weighted by Crippen LogP contribution is 2.25. The third-order valence-corrected chi connectivity index (χ3v) is 5.52. The molecule has 0 radical (unpaired) electrons. The molecule has 5 nitrogen and oxygen atoms in total. The van der Waals surface area contributed by atoms with Crippen molar-refractivity contribution in [3.05, 3.63) is 38.8 Å². The summed E-state index contributed by atoms with van der Waals surface area (Å²) in [6.07, 6.45) is 0. The molecular weight excluding hydrogens is 308 g/mol. The second-order valence-corrected chi connectivity index (χ2v) is 7.69. The molecule has 0 aliphatic carbocycles. The van der Waals surface area contributed by atoms with Crippen LogP contribution in [0, 0.1) is 13.8 Å². The average Bonchev–Trinajstić information content (AvgIpc) is 2.76. The second kappa shape index (κ2) is 6.55. The Morgan fingerprint density at radius 2 is 1.91 bits per heavy atom. The van der Waals surface area contributed by atoms with Gasteiger partial charge in [0.15, 0.2) is 0 Å². The van der Waals surface area contributed by atoms with Gasteiger partial charge in [0.05, 0.1) is 11.9 Å². The van der Waals surface area contributed by atoms with Crippen LogP contribution in [-0.4, -0.2) is 52.5 Å². The predicted molar refractivity (Wildman–Crippen MR) is 96.2 cm³/mol. The first kappa shape index (κ1) is 16.4. The lowest BCUT2D eigenvalue weighted by Gasteiger charge is -2.34. The van der Waals surface area contributed by atoms with E-state index in [1.807, 2.05) is 13.8 Å². The fraction of sp³-hybridized carbons (Fsp3) is 0.529. The van der Waals surface area contributed by atoms with Gasteiger partial charge in [-0.3, -0.25) is 14.6 Å². The largest absolute Gasteiger partial charge is 0.309 e.